The van der Waals surface area contributed by atoms with Crippen LogP contribution in [0.3, 0.4) is 0 Å². The van der Waals surface area contributed by atoms with Crippen molar-refractivity contribution in [3.63, 3.8) is 0 Å². The van der Waals surface area contributed by atoms with Gasteiger partial charge in [0.1, 0.15) is 5.82 Å². The van der Waals surface area contributed by atoms with Gasteiger partial charge in [-0.2, -0.15) is 11.8 Å². The molecule has 0 saturated carbocycles. The summed E-state index contributed by atoms with van der Waals surface area (Å²) in [6, 6.07) is 0.312. The summed E-state index contributed by atoms with van der Waals surface area (Å²) in [5, 5.41) is 3.21. The monoisotopic (exact) mass is 253 g/mol. The Labute approximate surface area is 109 Å². The highest BCUT2D eigenvalue weighted by molar-refractivity contribution is 7.98. The zero-order valence-electron chi connectivity index (χ0n) is 11.4. The second kappa shape index (κ2) is 6.97. The third-order valence-corrected chi connectivity index (χ3v) is 4.01. The van der Waals surface area contributed by atoms with Crippen molar-refractivity contribution < 1.29 is 0 Å². The first-order chi connectivity index (χ1) is 8.04. The van der Waals surface area contributed by atoms with Gasteiger partial charge < -0.3 is 5.32 Å². The van der Waals surface area contributed by atoms with Crippen LogP contribution in [0.25, 0.3) is 0 Å². The van der Waals surface area contributed by atoms with Crippen molar-refractivity contribution in [2.45, 2.75) is 39.5 Å². The van der Waals surface area contributed by atoms with Crippen molar-refractivity contribution in [2.24, 2.45) is 5.92 Å². The Hall–Kier alpha value is -0.610. The molecule has 1 heterocycles. The maximum atomic E-state index is 4.57. The third-order valence-electron chi connectivity index (χ3n) is 2.65. The van der Waals surface area contributed by atoms with Crippen LogP contribution in [0.15, 0.2) is 6.20 Å². The number of nitrogens with one attached hydrogen (secondary N) is 1. The van der Waals surface area contributed by atoms with Crippen LogP contribution in [-0.2, 0) is 5.75 Å². The van der Waals surface area contributed by atoms with Crippen molar-refractivity contribution in [1.82, 2.24) is 15.3 Å². The van der Waals surface area contributed by atoms with E-state index in [9.17, 15) is 0 Å². The van der Waals surface area contributed by atoms with Gasteiger partial charge >= 0.3 is 0 Å². The van der Waals surface area contributed by atoms with Crippen LogP contribution in [0.2, 0.25) is 0 Å². The van der Waals surface area contributed by atoms with Crippen molar-refractivity contribution in [3.05, 3.63) is 23.3 Å². The van der Waals surface area contributed by atoms with Gasteiger partial charge in [-0.25, -0.2) is 9.97 Å². The molecule has 0 radical (unpaired) electrons. The lowest BCUT2D eigenvalue weighted by Gasteiger charge is -2.13. The van der Waals surface area contributed by atoms with Gasteiger partial charge in [0, 0.05) is 23.5 Å². The minimum Gasteiger partial charge on any atom is -0.313 e. The molecule has 0 bridgehead atoms. The van der Waals surface area contributed by atoms with Crippen molar-refractivity contribution in [2.75, 3.05) is 12.8 Å². The van der Waals surface area contributed by atoms with E-state index in [4.69, 9.17) is 0 Å². The minimum absolute atomic E-state index is 0.312. The van der Waals surface area contributed by atoms with Gasteiger partial charge in [0.15, 0.2) is 0 Å². The molecule has 4 heteroatoms. The molecule has 1 rings (SSSR count). The summed E-state index contributed by atoms with van der Waals surface area (Å²) in [5.41, 5.74) is 2.27. The molecular formula is C13H23N3S. The molecule has 0 saturated heterocycles. The first-order valence-electron chi connectivity index (χ1n) is 6.12. The number of rotatable bonds is 6. The highest BCUT2D eigenvalue weighted by Gasteiger charge is 2.09. The largest absolute Gasteiger partial charge is 0.313 e. The van der Waals surface area contributed by atoms with E-state index in [1.165, 1.54) is 5.56 Å². The number of aryl methyl sites for hydroxylation is 1. The highest BCUT2D eigenvalue weighted by Crippen LogP contribution is 2.17. The molecule has 1 aromatic rings. The molecular weight excluding hydrogens is 230 g/mol. The minimum atomic E-state index is 0.312. The lowest BCUT2D eigenvalue weighted by Crippen LogP contribution is -2.15. The normalized spacial score (nSPS) is 13.1. The molecule has 0 spiro atoms. The first-order valence-corrected chi connectivity index (χ1v) is 7.27. The molecule has 0 aliphatic rings. The zero-order chi connectivity index (χ0) is 12.8. The smallest absolute Gasteiger partial charge is 0.138 e. The Balaban J connectivity index is 2.62. The van der Waals surface area contributed by atoms with Gasteiger partial charge in [-0.1, -0.05) is 13.8 Å². The van der Waals surface area contributed by atoms with Crippen LogP contribution in [0.1, 0.15) is 43.9 Å². The van der Waals surface area contributed by atoms with Crippen LogP contribution in [0, 0.1) is 12.8 Å². The molecule has 0 aromatic carbocycles. The topological polar surface area (TPSA) is 37.8 Å². The second-order valence-electron chi connectivity index (χ2n) is 4.75. The third kappa shape index (κ3) is 4.64. The lowest BCUT2D eigenvalue weighted by molar-refractivity contribution is 0.639. The van der Waals surface area contributed by atoms with E-state index in [0.29, 0.717) is 6.04 Å². The Bertz CT molecular complexity index is 353. The van der Waals surface area contributed by atoms with E-state index in [-0.39, 0.29) is 0 Å². The molecule has 1 atom stereocenters. The maximum absolute atomic E-state index is 4.57. The van der Waals surface area contributed by atoms with E-state index in [0.717, 1.165) is 28.9 Å². The van der Waals surface area contributed by atoms with E-state index in [2.05, 4.69) is 43.0 Å². The fraction of sp³-hybridized carbons (Fsp3) is 0.692. The molecule has 17 heavy (non-hydrogen) atoms. The van der Waals surface area contributed by atoms with Gasteiger partial charge in [0.05, 0.1) is 5.75 Å². The quantitative estimate of drug-likeness (QED) is 0.846. The fourth-order valence-electron chi connectivity index (χ4n) is 1.56. The molecule has 3 nitrogen and oxygen atoms in total. The fourth-order valence-corrected chi connectivity index (χ4v) is 2.47. The predicted molar refractivity (Wildman–Crippen MR) is 75.2 cm³/mol. The Kier molecular flexibility index (Phi) is 5.92. The van der Waals surface area contributed by atoms with Crippen LogP contribution in [-0.4, -0.2) is 22.8 Å². The highest BCUT2D eigenvalue weighted by atomic mass is 32.2. The predicted octanol–water partition coefficient (Wildman–Crippen LogP) is 2.95. The number of thioether (sulfide) groups is 1. The Morgan fingerprint density at radius 1 is 1.35 bits per heavy atom. The van der Waals surface area contributed by atoms with Gasteiger partial charge in [0.25, 0.3) is 0 Å². The summed E-state index contributed by atoms with van der Waals surface area (Å²) in [6.07, 6.45) is 1.95. The first kappa shape index (κ1) is 14.5. The van der Waals surface area contributed by atoms with Gasteiger partial charge in [0.2, 0.25) is 0 Å². The summed E-state index contributed by atoms with van der Waals surface area (Å²) in [5.74, 6) is 3.74. The Morgan fingerprint density at radius 3 is 2.59 bits per heavy atom. The van der Waals surface area contributed by atoms with E-state index in [1.807, 2.05) is 25.0 Å². The average Bonchev–Trinajstić information content (AvgIpc) is 2.28. The second-order valence-corrected chi connectivity index (χ2v) is 5.78. The molecule has 0 aliphatic carbocycles. The van der Waals surface area contributed by atoms with Crippen LogP contribution in [0.4, 0.5) is 0 Å². The van der Waals surface area contributed by atoms with Gasteiger partial charge in [-0.15, -0.1) is 0 Å². The maximum Gasteiger partial charge on any atom is 0.138 e. The molecule has 1 unspecified atom stereocenters. The molecule has 1 aromatic heterocycles. The molecule has 96 valence electrons. The zero-order valence-corrected chi connectivity index (χ0v) is 12.3. The van der Waals surface area contributed by atoms with E-state index >= 15 is 0 Å². The number of nitrogens with zero attached hydrogens (tertiary/aromatic N) is 2. The van der Waals surface area contributed by atoms with Crippen LogP contribution >= 0.6 is 11.8 Å². The molecule has 0 aliphatic heterocycles. The molecule has 1 N–H and O–H groups in total. The summed E-state index contributed by atoms with van der Waals surface area (Å²) >= 11 is 1.90. The Morgan fingerprint density at radius 2 is 2.06 bits per heavy atom. The summed E-state index contributed by atoms with van der Waals surface area (Å²) in [4.78, 5) is 9.00. The van der Waals surface area contributed by atoms with E-state index in [1.54, 1.807) is 0 Å². The number of hydrogen-bond acceptors (Lipinski definition) is 4. The van der Waals surface area contributed by atoms with Crippen LogP contribution < -0.4 is 5.32 Å². The molecule has 0 fully saturated rings. The summed E-state index contributed by atoms with van der Waals surface area (Å²) < 4.78 is 0. The van der Waals surface area contributed by atoms with E-state index < -0.39 is 0 Å². The van der Waals surface area contributed by atoms with Gasteiger partial charge in [-0.3, -0.25) is 0 Å². The number of hydrogen-bond donors (Lipinski definition) is 1. The SMILES string of the molecule is CNC(C)c1cnc(CSCC(C)C)nc1C. The summed E-state index contributed by atoms with van der Waals surface area (Å²) in [6.45, 7) is 8.65. The number of aromatic nitrogens is 2. The molecule has 0 amide bonds. The summed E-state index contributed by atoms with van der Waals surface area (Å²) in [7, 11) is 1.95. The van der Waals surface area contributed by atoms with Crippen molar-refractivity contribution in [1.29, 1.82) is 0 Å². The van der Waals surface area contributed by atoms with Gasteiger partial charge in [-0.05, 0) is 32.6 Å². The average molecular weight is 253 g/mol. The van der Waals surface area contributed by atoms with Crippen molar-refractivity contribution in [3.8, 4) is 0 Å². The lowest BCUT2D eigenvalue weighted by atomic mass is 10.1. The van der Waals surface area contributed by atoms with Crippen LogP contribution in [0.5, 0.6) is 0 Å². The standard InChI is InChI=1S/C13H23N3S/c1-9(2)7-17-8-13-15-6-12(10(3)14-5)11(4)16-13/h6,9-10,14H,7-8H2,1-5H3. The van der Waals surface area contributed by atoms with Crippen molar-refractivity contribution >= 4 is 11.8 Å².